The van der Waals surface area contributed by atoms with Crippen LogP contribution >= 0.6 is 0 Å². The summed E-state index contributed by atoms with van der Waals surface area (Å²) in [6.07, 6.45) is 5.70. The van der Waals surface area contributed by atoms with Gasteiger partial charge in [0.25, 0.3) is 0 Å². The smallest absolute Gasteiger partial charge is 0.237 e. The molecule has 1 saturated carbocycles. The molecular formula is C13H24N2O2. The first-order chi connectivity index (χ1) is 8.16. The normalized spacial score (nSPS) is 38.7. The van der Waals surface area contributed by atoms with E-state index in [0.29, 0.717) is 12.3 Å². The van der Waals surface area contributed by atoms with Crippen molar-refractivity contribution in [2.45, 2.75) is 63.6 Å². The van der Waals surface area contributed by atoms with E-state index < -0.39 is 0 Å². The molecule has 1 amide bonds. The molecule has 3 N–H and O–H groups in total. The molecule has 2 rings (SSSR count). The van der Waals surface area contributed by atoms with Crippen molar-refractivity contribution in [1.29, 1.82) is 0 Å². The minimum atomic E-state index is -0.256. The molecule has 0 spiro atoms. The standard InChI is InChI=1S/C13H24N2O2/c1-9-5-6-10(8-12(9)16)15-13(17)11-4-2-3-7-14-11/h9-12,14,16H,2-8H2,1H3,(H,15,17)/t9-,10-,11-,12-/m1/s1. The lowest BCUT2D eigenvalue weighted by atomic mass is 9.84. The van der Waals surface area contributed by atoms with Crippen LogP contribution in [0.3, 0.4) is 0 Å². The van der Waals surface area contributed by atoms with E-state index in [1.54, 1.807) is 0 Å². The summed E-state index contributed by atoms with van der Waals surface area (Å²) in [5.41, 5.74) is 0. The fraction of sp³-hybridized carbons (Fsp3) is 0.923. The number of rotatable bonds is 2. The Morgan fingerprint density at radius 1 is 1.29 bits per heavy atom. The van der Waals surface area contributed by atoms with Gasteiger partial charge in [0.2, 0.25) is 5.91 Å². The Hall–Kier alpha value is -0.610. The Labute approximate surface area is 103 Å². The number of amides is 1. The number of carbonyl (C=O) groups excluding carboxylic acids is 1. The summed E-state index contributed by atoms with van der Waals surface area (Å²) in [5.74, 6) is 0.493. The van der Waals surface area contributed by atoms with E-state index in [0.717, 1.165) is 32.2 Å². The van der Waals surface area contributed by atoms with Crippen LogP contribution in [0.2, 0.25) is 0 Å². The Balaban J connectivity index is 1.78. The van der Waals surface area contributed by atoms with Crippen LogP contribution in [0.25, 0.3) is 0 Å². The highest BCUT2D eigenvalue weighted by atomic mass is 16.3. The zero-order valence-electron chi connectivity index (χ0n) is 10.6. The largest absolute Gasteiger partial charge is 0.393 e. The highest BCUT2D eigenvalue weighted by Gasteiger charge is 2.29. The van der Waals surface area contributed by atoms with E-state index in [1.807, 2.05) is 0 Å². The van der Waals surface area contributed by atoms with Crippen molar-refractivity contribution in [3.05, 3.63) is 0 Å². The maximum absolute atomic E-state index is 12.0. The van der Waals surface area contributed by atoms with Gasteiger partial charge in [0.05, 0.1) is 12.1 Å². The van der Waals surface area contributed by atoms with Crippen LogP contribution in [0, 0.1) is 5.92 Å². The molecule has 4 atom stereocenters. The van der Waals surface area contributed by atoms with Gasteiger partial charge in [-0.15, -0.1) is 0 Å². The van der Waals surface area contributed by atoms with Gasteiger partial charge in [0.15, 0.2) is 0 Å². The van der Waals surface area contributed by atoms with Crippen molar-refractivity contribution >= 4 is 5.91 Å². The summed E-state index contributed by atoms with van der Waals surface area (Å²) in [4.78, 5) is 12.0. The minimum absolute atomic E-state index is 0.0137. The van der Waals surface area contributed by atoms with Crippen LogP contribution in [-0.4, -0.2) is 35.7 Å². The van der Waals surface area contributed by atoms with Gasteiger partial charge < -0.3 is 15.7 Å². The number of carbonyl (C=O) groups is 1. The Bertz CT molecular complexity index is 264. The average molecular weight is 240 g/mol. The predicted molar refractivity (Wildman–Crippen MR) is 66.6 cm³/mol. The average Bonchev–Trinajstić information content (AvgIpc) is 2.35. The SMILES string of the molecule is C[C@@H]1CC[C@@H](NC(=O)[C@H]2CCCCN2)C[C@H]1O. The summed E-state index contributed by atoms with van der Waals surface area (Å²) in [5, 5.41) is 16.1. The molecule has 2 fully saturated rings. The van der Waals surface area contributed by atoms with Crippen molar-refractivity contribution in [2.75, 3.05) is 6.54 Å². The second-order valence-electron chi connectivity index (χ2n) is 5.57. The third-order valence-electron chi connectivity index (χ3n) is 4.13. The van der Waals surface area contributed by atoms with Crippen LogP contribution in [0.4, 0.5) is 0 Å². The first-order valence-electron chi connectivity index (χ1n) is 6.88. The molecule has 98 valence electrons. The number of hydrogen-bond acceptors (Lipinski definition) is 3. The molecule has 0 aromatic carbocycles. The van der Waals surface area contributed by atoms with E-state index in [2.05, 4.69) is 17.6 Å². The van der Waals surface area contributed by atoms with Crippen LogP contribution in [0.1, 0.15) is 45.4 Å². The second-order valence-corrected chi connectivity index (χ2v) is 5.57. The van der Waals surface area contributed by atoms with Crippen molar-refractivity contribution in [3.63, 3.8) is 0 Å². The van der Waals surface area contributed by atoms with E-state index in [9.17, 15) is 9.90 Å². The number of piperidine rings is 1. The van der Waals surface area contributed by atoms with Crippen molar-refractivity contribution in [2.24, 2.45) is 5.92 Å². The van der Waals surface area contributed by atoms with Gasteiger partial charge in [-0.3, -0.25) is 4.79 Å². The van der Waals surface area contributed by atoms with Crippen molar-refractivity contribution in [3.8, 4) is 0 Å². The first-order valence-corrected chi connectivity index (χ1v) is 6.88. The number of aliphatic hydroxyl groups excluding tert-OH is 1. The molecule has 0 unspecified atom stereocenters. The quantitative estimate of drug-likeness (QED) is 0.669. The van der Waals surface area contributed by atoms with Gasteiger partial charge in [-0.1, -0.05) is 13.3 Å². The third-order valence-corrected chi connectivity index (χ3v) is 4.13. The van der Waals surface area contributed by atoms with Crippen molar-refractivity contribution < 1.29 is 9.90 Å². The predicted octanol–water partition coefficient (Wildman–Crippen LogP) is 0.794. The molecule has 1 saturated heterocycles. The maximum atomic E-state index is 12.0. The molecule has 0 radical (unpaired) electrons. The fourth-order valence-electron chi connectivity index (χ4n) is 2.81. The lowest BCUT2D eigenvalue weighted by Gasteiger charge is -2.33. The van der Waals surface area contributed by atoms with Gasteiger partial charge in [-0.25, -0.2) is 0 Å². The summed E-state index contributed by atoms with van der Waals surface area (Å²) < 4.78 is 0. The summed E-state index contributed by atoms with van der Waals surface area (Å²) >= 11 is 0. The molecule has 1 aliphatic carbocycles. The summed E-state index contributed by atoms with van der Waals surface area (Å²) in [7, 11) is 0. The number of nitrogens with one attached hydrogen (secondary N) is 2. The minimum Gasteiger partial charge on any atom is -0.393 e. The molecule has 4 nitrogen and oxygen atoms in total. The van der Waals surface area contributed by atoms with Gasteiger partial charge >= 0.3 is 0 Å². The molecule has 1 aliphatic heterocycles. The van der Waals surface area contributed by atoms with Crippen LogP contribution in [-0.2, 0) is 4.79 Å². The molecule has 2 aliphatic rings. The first kappa shape index (κ1) is 12.8. The van der Waals surface area contributed by atoms with Gasteiger partial charge in [0.1, 0.15) is 0 Å². The van der Waals surface area contributed by atoms with E-state index in [1.165, 1.54) is 6.42 Å². The van der Waals surface area contributed by atoms with Gasteiger partial charge in [-0.2, -0.15) is 0 Å². The van der Waals surface area contributed by atoms with E-state index in [-0.39, 0.29) is 24.1 Å². The highest BCUT2D eigenvalue weighted by molar-refractivity contribution is 5.82. The maximum Gasteiger partial charge on any atom is 0.237 e. The Morgan fingerprint density at radius 2 is 2.12 bits per heavy atom. The molecule has 1 heterocycles. The lowest BCUT2D eigenvalue weighted by Crippen LogP contribution is -2.51. The zero-order valence-corrected chi connectivity index (χ0v) is 10.6. The van der Waals surface area contributed by atoms with Crippen LogP contribution < -0.4 is 10.6 Å². The monoisotopic (exact) mass is 240 g/mol. The third kappa shape index (κ3) is 3.42. The Kier molecular flexibility index (Phi) is 4.40. The number of hydrogen-bond donors (Lipinski definition) is 3. The molecule has 4 heteroatoms. The topological polar surface area (TPSA) is 61.4 Å². The van der Waals surface area contributed by atoms with Crippen molar-refractivity contribution in [1.82, 2.24) is 10.6 Å². The summed E-state index contributed by atoms with van der Waals surface area (Å²) in [6.45, 7) is 3.02. The molecule has 0 aromatic rings. The lowest BCUT2D eigenvalue weighted by molar-refractivity contribution is -0.125. The van der Waals surface area contributed by atoms with Gasteiger partial charge in [-0.05, 0) is 44.6 Å². The zero-order chi connectivity index (χ0) is 12.3. The van der Waals surface area contributed by atoms with Crippen LogP contribution in [0.15, 0.2) is 0 Å². The van der Waals surface area contributed by atoms with Gasteiger partial charge in [0, 0.05) is 6.04 Å². The summed E-state index contributed by atoms with van der Waals surface area (Å²) in [6, 6.07) is 0.151. The number of aliphatic hydroxyl groups is 1. The molecule has 17 heavy (non-hydrogen) atoms. The molecular weight excluding hydrogens is 216 g/mol. The van der Waals surface area contributed by atoms with E-state index in [4.69, 9.17) is 0 Å². The fourth-order valence-corrected chi connectivity index (χ4v) is 2.81. The highest BCUT2D eigenvalue weighted by Crippen LogP contribution is 2.24. The van der Waals surface area contributed by atoms with Crippen LogP contribution in [0.5, 0.6) is 0 Å². The molecule has 0 bridgehead atoms. The second kappa shape index (κ2) is 5.83. The Morgan fingerprint density at radius 3 is 2.76 bits per heavy atom. The van der Waals surface area contributed by atoms with E-state index >= 15 is 0 Å². The molecule has 0 aromatic heterocycles.